The zero-order valence-electron chi connectivity index (χ0n) is 9.34. The standard InChI is InChI=1S/C12H13NO4/c1-8(14)10(7-11(15)16)13-12(17)9-5-3-2-4-6-9/h2-6,10H,7H2,1H3,(H,13,17)(H,15,16). The second-order valence-corrected chi connectivity index (χ2v) is 3.60. The maximum atomic E-state index is 11.7. The fourth-order valence-corrected chi connectivity index (χ4v) is 1.30. The van der Waals surface area contributed by atoms with Crippen molar-refractivity contribution in [2.24, 2.45) is 0 Å². The molecule has 2 N–H and O–H groups in total. The molecule has 1 aromatic carbocycles. The molecule has 0 aliphatic carbocycles. The van der Waals surface area contributed by atoms with Gasteiger partial charge in [-0.2, -0.15) is 0 Å². The molecule has 1 rings (SSSR count). The van der Waals surface area contributed by atoms with Crippen LogP contribution in [0, 0.1) is 0 Å². The normalized spacial score (nSPS) is 11.6. The third-order valence-corrected chi connectivity index (χ3v) is 2.21. The van der Waals surface area contributed by atoms with Gasteiger partial charge in [-0.3, -0.25) is 14.4 Å². The first-order valence-electron chi connectivity index (χ1n) is 5.09. The average molecular weight is 235 g/mol. The van der Waals surface area contributed by atoms with Crippen LogP contribution >= 0.6 is 0 Å². The lowest BCUT2D eigenvalue weighted by Crippen LogP contribution is -2.41. The number of ketones is 1. The van der Waals surface area contributed by atoms with Crippen LogP contribution in [-0.4, -0.2) is 28.8 Å². The Balaban J connectivity index is 2.71. The molecule has 0 saturated carbocycles. The molecule has 0 radical (unpaired) electrons. The van der Waals surface area contributed by atoms with E-state index in [9.17, 15) is 14.4 Å². The summed E-state index contributed by atoms with van der Waals surface area (Å²) in [7, 11) is 0. The predicted octanol–water partition coefficient (Wildman–Crippen LogP) is 0.849. The number of nitrogens with one attached hydrogen (secondary N) is 1. The summed E-state index contributed by atoms with van der Waals surface area (Å²) in [4.78, 5) is 33.4. The molecule has 1 unspecified atom stereocenters. The number of carboxylic acid groups (broad SMARTS) is 1. The van der Waals surface area contributed by atoms with Gasteiger partial charge in [-0.05, 0) is 19.1 Å². The third-order valence-electron chi connectivity index (χ3n) is 2.21. The van der Waals surface area contributed by atoms with Crippen LogP contribution in [0.15, 0.2) is 30.3 Å². The maximum absolute atomic E-state index is 11.7. The van der Waals surface area contributed by atoms with Gasteiger partial charge in [0.1, 0.15) is 0 Å². The van der Waals surface area contributed by atoms with Crippen molar-refractivity contribution < 1.29 is 19.5 Å². The molecule has 17 heavy (non-hydrogen) atoms. The molecule has 0 bridgehead atoms. The minimum absolute atomic E-state index is 0.378. The molecular weight excluding hydrogens is 222 g/mol. The molecule has 0 heterocycles. The molecule has 0 aliphatic rings. The van der Waals surface area contributed by atoms with Crippen molar-refractivity contribution in [1.82, 2.24) is 5.32 Å². The number of amides is 1. The lowest BCUT2D eigenvalue weighted by molar-refractivity contribution is -0.139. The zero-order chi connectivity index (χ0) is 12.8. The molecule has 1 amide bonds. The van der Waals surface area contributed by atoms with Crippen LogP contribution in [0.5, 0.6) is 0 Å². The van der Waals surface area contributed by atoms with Gasteiger partial charge in [0.05, 0.1) is 12.5 Å². The van der Waals surface area contributed by atoms with E-state index in [2.05, 4.69) is 5.32 Å². The molecule has 0 spiro atoms. The molecule has 0 aliphatic heterocycles. The molecular formula is C12H13NO4. The molecule has 0 aromatic heterocycles. The lowest BCUT2D eigenvalue weighted by atomic mass is 10.1. The van der Waals surface area contributed by atoms with Gasteiger partial charge in [0.25, 0.3) is 5.91 Å². The molecule has 5 nitrogen and oxygen atoms in total. The van der Waals surface area contributed by atoms with Gasteiger partial charge in [-0.15, -0.1) is 0 Å². The zero-order valence-corrected chi connectivity index (χ0v) is 9.34. The molecule has 5 heteroatoms. The number of carboxylic acids is 1. The second-order valence-electron chi connectivity index (χ2n) is 3.60. The Bertz CT molecular complexity index is 427. The highest BCUT2D eigenvalue weighted by Crippen LogP contribution is 2.01. The second kappa shape index (κ2) is 5.79. The predicted molar refractivity (Wildman–Crippen MR) is 60.6 cm³/mol. The molecule has 1 atom stereocenters. The first kappa shape index (κ1) is 12.9. The van der Waals surface area contributed by atoms with Gasteiger partial charge < -0.3 is 10.4 Å². The third kappa shape index (κ3) is 4.06. The molecule has 1 aromatic rings. The maximum Gasteiger partial charge on any atom is 0.305 e. The largest absolute Gasteiger partial charge is 0.481 e. The summed E-state index contributed by atoms with van der Waals surface area (Å²) < 4.78 is 0. The first-order valence-corrected chi connectivity index (χ1v) is 5.09. The van der Waals surface area contributed by atoms with Crippen LogP contribution in [0.2, 0.25) is 0 Å². The fraction of sp³-hybridized carbons (Fsp3) is 0.250. The monoisotopic (exact) mass is 235 g/mol. The average Bonchev–Trinajstić information content (AvgIpc) is 2.28. The van der Waals surface area contributed by atoms with Crippen LogP contribution in [0.1, 0.15) is 23.7 Å². The van der Waals surface area contributed by atoms with Crippen LogP contribution in [0.25, 0.3) is 0 Å². The van der Waals surface area contributed by atoms with E-state index < -0.39 is 24.3 Å². The van der Waals surface area contributed by atoms with E-state index in [0.29, 0.717) is 5.56 Å². The fourth-order valence-electron chi connectivity index (χ4n) is 1.30. The van der Waals surface area contributed by atoms with E-state index in [1.54, 1.807) is 30.3 Å². The first-order chi connectivity index (χ1) is 8.00. The molecule has 0 fully saturated rings. The van der Waals surface area contributed by atoms with E-state index in [1.165, 1.54) is 6.92 Å². The number of carbonyl (C=O) groups is 3. The highest BCUT2D eigenvalue weighted by atomic mass is 16.4. The van der Waals surface area contributed by atoms with Gasteiger partial charge in [-0.25, -0.2) is 0 Å². The van der Waals surface area contributed by atoms with E-state index in [0.717, 1.165) is 0 Å². The Kier molecular flexibility index (Phi) is 4.39. The Labute approximate surface area is 98.4 Å². The number of rotatable bonds is 5. The van der Waals surface area contributed by atoms with Crippen LogP contribution < -0.4 is 5.32 Å². The summed E-state index contributed by atoms with van der Waals surface area (Å²) >= 11 is 0. The minimum atomic E-state index is -1.13. The number of aliphatic carboxylic acids is 1. The van der Waals surface area contributed by atoms with E-state index >= 15 is 0 Å². The Morgan fingerprint density at radius 3 is 2.29 bits per heavy atom. The van der Waals surface area contributed by atoms with Gasteiger partial charge >= 0.3 is 5.97 Å². The number of benzene rings is 1. The van der Waals surface area contributed by atoms with E-state index in [4.69, 9.17) is 5.11 Å². The Hall–Kier alpha value is -2.17. The van der Waals surface area contributed by atoms with Crippen molar-refractivity contribution in [2.45, 2.75) is 19.4 Å². The number of Topliss-reactive ketones (excluding diaryl/α,β-unsaturated/α-hetero) is 1. The Morgan fingerprint density at radius 2 is 1.82 bits per heavy atom. The summed E-state index contributed by atoms with van der Waals surface area (Å²) in [5.41, 5.74) is 0.393. The van der Waals surface area contributed by atoms with E-state index in [1.807, 2.05) is 0 Å². The number of hydrogen-bond donors (Lipinski definition) is 2. The minimum Gasteiger partial charge on any atom is -0.481 e. The summed E-state index contributed by atoms with van der Waals surface area (Å²) in [5.74, 6) is -1.96. The van der Waals surface area contributed by atoms with Crippen LogP contribution in [0.4, 0.5) is 0 Å². The van der Waals surface area contributed by atoms with Crippen molar-refractivity contribution in [1.29, 1.82) is 0 Å². The van der Waals surface area contributed by atoms with Gasteiger partial charge in [0.15, 0.2) is 5.78 Å². The van der Waals surface area contributed by atoms with Crippen molar-refractivity contribution in [3.05, 3.63) is 35.9 Å². The van der Waals surface area contributed by atoms with Crippen molar-refractivity contribution >= 4 is 17.7 Å². The number of hydrogen-bond acceptors (Lipinski definition) is 3. The highest BCUT2D eigenvalue weighted by molar-refractivity contribution is 5.98. The van der Waals surface area contributed by atoms with E-state index in [-0.39, 0.29) is 5.78 Å². The summed E-state index contributed by atoms with van der Waals surface area (Å²) in [6.45, 7) is 1.25. The summed E-state index contributed by atoms with van der Waals surface area (Å²) in [6, 6.07) is 7.33. The summed E-state index contributed by atoms with van der Waals surface area (Å²) in [5, 5.41) is 11.0. The van der Waals surface area contributed by atoms with Gasteiger partial charge in [0, 0.05) is 5.56 Å². The van der Waals surface area contributed by atoms with Crippen molar-refractivity contribution in [3.63, 3.8) is 0 Å². The lowest BCUT2D eigenvalue weighted by Gasteiger charge is -2.13. The van der Waals surface area contributed by atoms with Gasteiger partial charge in [-0.1, -0.05) is 18.2 Å². The van der Waals surface area contributed by atoms with Crippen LogP contribution in [0.3, 0.4) is 0 Å². The number of carbonyl (C=O) groups excluding carboxylic acids is 2. The van der Waals surface area contributed by atoms with Gasteiger partial charge in [0.2, 0.25) is 0 Å². The molecule has 90 valence electrons. The topological polar surface area (TPSA) is 83.5 Å². The Morgan fingerprint density at radius 1 is 1.24 bits per heavy atom. The van der Waals surface area contributed by atoms with Crippen LogP contribution in [-0.2, 0) is 9.59 Å². The van der Waals surface area contributed by atoms with Crippen molar-refractivity contribution in [3.8, 4) is 0 Å². The summed E-state index contributed by atoms with van der Waals surface area (Å²) in [6.07, 6.45) is -0.409. The smallest absolute Gasteiger partial charge is 0.305 e. The quantitative estimate of drug-likeness (QED) is 0.792. The highest BCUT2D eigenvalue weighted by Gasteiger charge is 2.20. The SMILES string of the molecule is CC(=O)C(CC(=O)O)NC(=O)c1ccccc1. The molecule has 0 saturated heterocycles. The van der Waals surface area contributed by atoms with Crippen molar-refractivity contribution in [2.75, 3.05) is 0 Å².